The Morgan fingerprint density at radius 1 is 0.897 bits per heavy atom. The zero-order chi connectivity index (χ0) is 27.6. The van der Waals surface area contributed by atoms with Gasteiger partial charge in [-0.1, -0.05) is 0 Å². The summed E-state index contributed by atoms with van der Waals surface area (Å²) in [5.74, 6) is 1.65. The van der Waals surface area contributed by atoms with Gasteiger partial charge in [0.25, 0.3) is 0 Å². The maximum Gasteiger partial charge on any atom is 0.587 e. The molecule has 39 heavy (non-hydrogen) atoms. The van der Waals surface area contributed by atoms with Crippen molar-refractivity contribution in [3.8, 4) is 23.0 Å². The van der Waals surface area contributed by atoms with Gasteiger partial charge in [0.15, 0.2) is 17.7 Å². The van der Waals surface area contributed by atoms with Gasteiger partial charge in [-0.15, -0.1) is 0 Å². The molecular formula is C24H26N5O9P. The third kappa shape index (κ3) is 5.60. The van der Waals surface area contributed by atoms with Crippen molar-refractivity contribution in [2.24, 2.45) is 0 Å². The minimum atomic E-state index is -4.35. The number of benzene rings is 2. The topological polar surface area (TPSA) is 183 Å². The minimum Gasteiger partial charge on any atom is -0.497 e. The zero-order valence-electron chi connectivity index (χ0n) is 20.9. The Hall–Kier alpha value is -3.94. The number of methoxy groups -OCH3 is 2. The molecule has 4 N–H and O–H groups in total. The summed E-state index contributed by atoms with van der Waals surface area (Å²) in [5, 5.41) is 21.4. The second-order valence-corrected chi connectivity index (χ2v) is 9.92. The highest BCUT2D eigenvalue weighted by Crippen LogP contribution is 2.50. The van der Waals surface area contributed by atoms with Gasteiger partial charge >= 0.3 is 7.82 Å². The van der Waals surface area contributed by atoms with Crippen molar-refractivity contribution >= 4 is 24.8 Å². The van der Waals surface area contributed by atoms with Crippen LogP contribution in [-0.4, -0.2) is 68.9 Å². The lowest BCUT2D eigenvalue weighted by atomic mass is 10.1. The fraction of sp³-hybridized carbons (Fsp3) is 0.292. The molecule has 0 saturated carbocycles. The maximum atomic E-state index is 13.8. The van der Waals surface area contributed by atoms with E-state index in [2.05, 4.69) is 15.0 Å². The van der Waals surface area contributed by atoms with Crippen LogP contribution in [0.15, 0.2) is 61.2 Å². The maximum absolute atomic E-state index is 13.8. The molecule has 1 saturated heterocycles. The zero-order valence-corrected chi connectivity index (χ0v) is 21.8. The molecule has 0 bridgehead atoms. The van der Waals surface area contributed by atoms with E-state index in [1.54, 1.807) is 24.3 Å². The molecular weight excluding hydrogens is 533 g/mol. The first kappa shape index (κ1) is 26.7. The Morgan fingerprint density at radius 3 is 2.03 bits per heavy atom. The fourth-order valence-corrected chi connectivity index (χ4v) is 5.15. The second-order valence-electron chi connectivity index (χ2n) is 8.41. The minimum absolute atomic E-state index is 0.152. The van der Waals surface area contributed by atoms with Crippen LogP contribution in [0, 0.1) is 0 Å². The lowest BCUT2D eigenvalue weighted by Gasteiger charge is -2.22. The monoisotopic (exact) mass is 559 g/mol. The summed E-state index contributed by atoms with van der Waals surface area (Å²) in [7, 11) is -1.32. The van der Waals surface area contributed by atoms with Crippen LogP contribution < -0.4 is 24.3 Å². The van der Waals surface area contributed by atoms with Crippen LogP contribution in [0.25, 0.3) is 11.2 Å². The van der Waals surface area contributed by atoms with Crippen LogP contribution >= 0.6 is 7.82 Å². The molecule has 0 radical (unpaired) electrons. The second kappa shape index (κ2) is 11.0. The Labute approximate surface area is 222 Å². The van der Waals surface area contributed by atoms with E-state index in [1.165, 1.54) is 55.7 Å². The highest BCUT2D eigenvalue weighted by atomic mass is 31.2. The lowest BCUT2D eigenvalue weighted by Crippen LogP contribution is -2.34. The molecule has 206 valence electrons. The molecule has 14 nitrogen and oxygen atoms in total. The van der Waals surface area contributed by atoms with E-state index < -0.39 is 39.0 Å². The van der Waals surface area contributed by atoms with E-state index in [1.807, 2.05) is 0 Å². The number of aliphatic hydroxyl groups excluding tert-OH is 2. The van der Waals surface area contributed by atoms with Crippen molar-refractivity contribution in [2.45, 2.75) is 24.5 Å². The molecule has 0 amide bonds. The number of nitrogen functional groups attached to an aromatic ring is 1. The number of phosphoric ester groups is 1. The van der Waals surface area contributed by atoms with Gasteiger partial charge in [0, 0.05) is 0 Å². The number of phosphoric acid groups is 1. The van der Waals surface area contributed by atoms with Crippen molar-refractivity contribution < 1.29 is 42.6 Å². The van der Waals surface area contributed by atoms with E-state index in [0.717, 1.165) is 0 Å². The first-order chi connectivity index (χ1) is 18.8. The summed E-state index contributed by atoms with van der Waals surface area (Å²) >= 11 is 0. The molecule has 15 heteroatoms. The number of nitrogens with zero attached hydrogens (tertiary/aromatic N) is 4. The highest BCUT2D eigenvalue weighted by Gasteiger charge is 2.46. The summed E-state index contributed by atoms with van der Waals surface area (Å²) in [5.41, 5.74) is 6.45. The van der Waals surface area contributed by atoms with Crippen LogP contribution in [0.2, 0.25) is 0 Å². The average Bonchev–Trinajstić information content (AvgIpc) is 3.50. The Morgan fingerprint density at radius 2 is 1.46 bits per heavy atom. The number of nitrogens with two attached hydrogens (primary N) is 1. The van der Waals surface area contributed by atoms with Gasteiger partial charge < -0.3 is 39.2 Å². The smallest absolute Gasteiger partial charge is 0.497 e. The predicted molar refractivity (Wildman–Crippen MR) is 136 cm³/mol. The summed E-state index contributed by atoms with van der Waals surface area (Å²) < 4.78 is 48.2. The molecule has 2 aromatic heterocycles. The molecule has 0 spiro atoms. The third-order valence-corrected chi connectivity index (χ3v) is 7.28. The first-order valence-corrected chi connectivity index (χ1v) is 13.1. The molecule has 4 aromatic rings. The van der Waals surface area contributed by atoms with Crippen molar-refractivity contribution in [3.05, 3.63) is 61.2 Å². The van der Waals surface area contributed by atoms with E-state index >= 15 is 0 Å². The Balaban J connectivity index is 1.35. The van der Waals surface area contributed by atoms with E-state index in [9.17, 15) is 14.8 Å². The molecule has 1 aliphatic heterocycles. The van der Waals surface area contributed by atoms with Gasteiger partial charge in [0.05, 0.1) is 27.2 Å². The van der Waals surface area contributed by atoms with Crippen molar-refractivity contribution in [2.75, 3.05) is 26.6 Å². The normalized spacial score (nSPS) is 21.1. The summed E-state index contributed by atoms with van der Waals surface area (Å²) in [6.07, 6.45) is -2.40. The Kier molecular flexibility index (Phi) is 7.55. The molecule has 3 heterocycles. The SMILES string of the molecule is COc1ccc(OP(=O)(OC[C@H]2O[C@@H](n3cnc4c(N)ncnc43)[C@H](O)[C@@H]2O)Oc2ccc(OC)cc2)cc1. The van der Waals surface area contributed by atoms with Gasteiger partial charge in [-0.05, 0) is 48.5 Å². The molecule has 0 aliphatic carbocycles. The number of aromatic nitrogens is 4. The largest absolute Gasteiger partial charge is 0.587 e. The standard InChI is InChI=1S/C24H26N5O9P/c1-33-14-3-7-16(8-4-14)37-39(32,38-17-9-5-15(34-2)6-10-17)35-11-18-20(30)21(31)24(36-18)29-13-28-19-22(25)26-12-27-23(19)29/h3-10,12-13,18,20-21,24,30-31H,11H2,1-2H3,(H2,25,26,27)/t18-,20-,21-,24-/m1/s1. The van der Waals surface area contributed by atoms with Gasteiger partial charge in [-0.2, -0.15) is 0 Å². The predicted octanol–water partition coefficient (Wildman–Crippen LogP) is 2.33. The van der Waals surface area contributed by atoms with Gasteiger partial charge in [-0.25, -0.2) is 19.5 Å². The lowest BCUT2D eigenvalue weighted by molar-refractivity contribution is -0.0498. The Bertz CT molecular complexity index is 1410. The van der Waals surface area contributed by atoms with Crippen LogP contribution in [0.3, 0.4) is 0 Å². The van der Waals surface area contributed by atoms with Crippen LogP contribution in [-0.2, 0) is 13.8 Å². The number of imidazole rings is 1. The highest BCUT2D eigenvalue weighted by molar-refractivity contribution is 7.49. The number of fused-ring (bicyclic) bond motifs is 1. The molecule has 5 rings (SSSR count). The van der Waals surface area contributed by atoms with Crippen LogP contribution in [0.4, 0.5) is 5.82 Å². The van der Waals surface area contributed by atoms with Crippen LogP contribution in [0.1, 0.15) is 6.23 Å². The van der Waals surface area contributed by atoms with Gasteiger partial charge in [0.2, 0.25) is 0 Å². The summed E-state index contributed by atoms with van der Waals surface area (Å²) in [4.78, 5) is 12.2. The van der Waals surface area contributed by atoms with Crippen molar-refractivity contribution in [1.29, 1.82) is 0 Å². The van der Waals surface area contributed by atoms with Gasteiger partial charge in [-0.3, -0.25) is 9.09 Å². The van der Waals surface area contributed by atoms with Crippen molar-refractivity contribution in [1.82, 2.24) is 19.5 Å². The number of anilines is 1. The quantitative estimate of drug-likeness (QED) is 0.241. The molecule has 2 aromatic carbocycles. The fourth-order valence-electron chi connectivity index (χ4n) is 3.92. The number of ether oxygens (including phenoxy) is 3. The van der Waals surface area contributed by atoms with E-state index in [0.29, 0.717) is 22.7 Å². The van der Waals surface area contributed by atoms with E-state index in [-0.39, 0.29) is 17.3 Å². The molecule has 1 aliphatic rings. The van der Waals surface area contributed by atoms with E-state index in [4.69, 9.17) is 33.5 Å². The number of hydrogen-bond donors (Lipinski definition) is 3. The molecule has 0 unspecified atom stereocenters. The number of aliphatic hydroxyl groups is 2. The number of rotatable bonds is 10. The molecule has 1 fully saturated rings. The average molecular weight is 559 g/mol. The first-order valence-electron chi connectivity index (χ1n) is 11.7. The summed E-state index contributed by atoms with van der Waals surface area (Å²) in [6, 6.07) is 12.6. The number of hydrogen-bond acceptors (Lipinski definition) is 13. The van der Waals surface area contributed by atoms with Crippen LogP contribution in [0.5, 0.6) is 23.0 Å². The third-order valence-electron chi connectivity index (χ3n) is 5.95. The van der Waals surface area contributed by atoms with Crippen molar-refractivity contribution in [3.63, 3.8) is 0 Å². The summed E-state index contributed by atoms with van der Waals surface area (Å²) in [6.45, 7) is -0.456. The van der Waals surface area contributed by atoms with Gasteiger partial charge in [0.1, 0.15) is 53.2 Å². The molecule has 4 atom stereocenters.